The van der Waals surface area contributed by atoms with Crippen LogP contribution in [0.1, 0.15) is 12.0 Å². The van der Waals surface area contributed by atoms with Gasteiger partial charge < -0.3 is 0 Å². The van der Waals surface area contributed by atoms with E-state index in [1.807, 2.05) is 0 Å². The third-order valence-electron chi connectivity index (χ3n) is 2.48. The molecule has 0 unspecified atom stereocenters. The number of alkyl halides is 2. The monoisotopic (exact) mass is 290 g/mol. The first-order chi connectivity index (χ1) is 8.50. The smallest absolute Gasteiger partial charge is 0.206 e. The molecule has 0 nitrogen and oxygen atoms in total. The van der Waals surface area contributed by atoms with Crippen LogP contribution in [0.25, 0.3) is 11.1 Å². The second-order valence-electron chi connectivity index (χ2n) is 3.63. The van der Waals surface area contributed by atoms with Crippen molar-refractivity contribution in [1.82, 2.24) is 0 Å². The van der Waals surface area contributed by atoms with Gasteiger partial charge in [-0.15, -0.1) is 0 Å². The van der Waals surface area contributed by atoms with Gasteiger partial charge in [-0.05, 0) is 12.1 Å². The Hall–Kier alpha value is -1.19. The quantitative estimate of drug-likeness (QED) is 0.662. The van der Waals surface area contributed by atoms with Gasteiger partial charge in [-0.3, -0.25) is 0 Å². The van der Waals surface area contributed by atoms with Crippen molar-refractivity contribution in [3.8, 4) is 11.1 Å². The van der Waals surface area contributed by atoms with Gasteiger partial charge in [-0.1, -0.05) is 47.5 Å². The lowest BCUT2D eigenvalue weighted by Gasteiger charge is -2.09. The number of halogens is 5. The van der Waals surface area contributed by atoms with Crippen LogP contribution >= 0.6 is 23.2 Å². The molecule has 0 spiro atoms. The van der Waals surface area contributed by atoms with Crippen LogP contribution in [-0.4, -0.2) is 0 Å². The molecule has 2 aromatic rings. The topological polar surface area (TPSA) is 0 Å². The number of rotatable bonds is 2. The van der Waals surface area contributed by atoms with Gasteiger partial charge in [0.05, 0.1) is 5.56 Å². The highest BCUT2D eigenvalue weighted by atomic mass is 35.5. The Morgan fingerprint density at radius 3 is 2.28 bits per heavy atom. The predicted molar refractivity (Wildman–Crippen MR) is 66.8 cm³/mol. The molecule has 2 aromatic carbocycles. The van der Waals surface area contributed by atoms with Crippen molar-refractivity contribution in [3.63, 3.8) is 0 Å². The van der Waals surface area contributed by atoms with E-state index in [1.54, 1.807) is 0 Å². The van der Waals surface area contributed by atoms with Crippen LogP contribution in [0, 0.1) is 5.82 Å². The summed E-state index contributed by atoms with van der Waals surface area (Å²) in [5, 5.41) is 0.613. The average molecular weight is 291 g/mol. The lowest BCUT2D eigenvalue weighted by molar-refractivity contribution is 0.146. The minimum Gasteiger partial charge on any atom is -0.206 e. The highest BCUT2D eigenvalue weighted by Gasteiger charge is 2.18. The van der Waals surface area contributed by atoms with Crippen molar-refractivity contribution in [2.24, 2.45) is 0 Å². The Bertz CT molecular complexity index is 582. The van der Waals surface area contributed by atoms with Crippen LogP contribution in [0.4, 0.5) is 13.2 Å². The Morgan fingerprint density at radius 2 is 1.67 bits per heavy atom. The molecule has 0 aliphatic rings. The van der Waals surface area contributed by atoms with Gasteiger partial charge >= 0.3 is 0 Å². The van der Waals surface area contributed by atoms with Crippen LogP contribution in [-0.2, 0) is 0 Å². The molecular weight excluding hydrogens is 284 g/mol. The molecule has 0 amide bonds. The van der Waals surface area contributed by atoms with E-state index in [0.29, 0.717) is 10.6 Å². The molecule has 0 aliphatic heterocycles. The molecule has 0 N–H and O–H groups in total. The summed E-state index contributed by atoms with van der Waals surface area (Å²) >= 11 is 11.7. The minimum absolute atomic E-state index is 0.0365. The lowest BCUT2D eigenvalue weighted by Crippen LogP contribution is -1.94. The summed E-state index contributed by atoms with van der Waals surface area (Å²) in [5.74, 6) is -0.961. The summed E-state index contributed by atoms with van der Waals surface area (Å²) < 4.78 is 39.1. The molecule has 18 heavy (non-hydrogen) atoms. The summed E-state index contributed by atoms with van der Waals surface area (Å²) in [5.41, 5.74) is -0.269. The standard InChI is InChI=1S/C13H7Cl2F3/c14-7-4-5-8(11(15)6-7)9-2-1-3-10(12(9)16)13(17)18/h1-6,13H. The number of hydrogen-bond acceptors (Lipinski definition) is 0. The summed E-state index contributed by atoms with van der Waals surface area (Å²) in [6, 6.07) is 8.27. The van der Waals surface area contributed by atoms with E-state index >= 15 is 0 Å². The molecule has 0 aliphatic carbocycles. The van der Waals surface area contributed by atoms with Crippen LogP contribution in [0.15, 0.2) is 36.4 Å². The summed E-state index contributed by atoms with van der Waals surface area (Å²) in [6.45, 7) is 0. The first-order valence-electron chi connectivity index (χ1n) is 5.02. The first-order valence-corrected chi connectivity index (χ1v) is 5.78. The maximum Gasteiger partial charge on any atom is 0.266 e. The fourth-order valence-electron chi connectivity index (χ4n) is 1.63. The molecule has 0 saturated carbocycles. The molecule has 0 atom stereocenters. The van der Waals surface area contributed by atoms with Crippen LogP contribution in [0.2, 0.25) is 10.0 Å². The van der Waals surface area contributed by atoms with Gasteiger partial charge in [0, 0.05) is 21.2 Å². The van der Waals surface area contributed by atoms with Crippen molar-refractivity contribution in [2.75, 3.05) is 0 Å². The zero-order chi connectivity index (χ0) is 13.3. The Balaban J connectivity index is 2.61. The number of benzene rings is 2. The van der Waals surface area contributed by atoms with Gasteiger partial charge in [0.1, 0.15) is 5.82 Å². The SMILES string of the molecule is Fc1c(-c2ccc(Cl)cc2Cl)cccc1C(F)F. The van der Waals surface area contributed by atoms with Gasteiger partial charge in [-0.2, -0.15) is 0 Å². The van der Waals surface area contributed by atoms with Crippen molar-refractivity contribution >= 4 is 23.2 Å². The van der Waals surface area contributed by atoms with E-state index in [4.69, 9.17) is 23.2 Å². The Labute approximate surface area is 112 Å². The zero-order valence-corrected chi connectivity index (χ0v) is 10.4. The predicted octanol–water partition coefficient (Wildman–Crippen LogP) is 5.74. The van der Waals surface area contributed by atoms with Gasteiger partial charge in [0.15, 0.2) is 0 Å². The van der Waals surface area contributed by atoms with Crippen molar-refractivity contribution in [2.45, 2.75) is 6.43 Å². The molecule has 94 valence electrons. The molecule has 0 aromatic heterocycles. The molecular formula is C13H7Cl2F3. The van der Waals surface area contributed by atoms with Crippen LogP contribution in [0.3, 0.4) is 0 Å². The molecule has 5 heteroatoms. The summed E-state index contributed by atoms with van der Waals surface area (Å²) in [7, 11) is 0. The van der Waals surface area contributed by atoms with E-state index in [2.05, 4.69) is 0 Å². The third kappa shape index (κ3) is 2.47. The highest BCUT2D eigenvalue weighted by Crippen LogP contribution is 2.35. The second kappa shape index (κ2) is 5.21. The fourth-order valence-corrected chi connectivity index (χ4v) is 2.14. The van der Waals surface area contributed by atoms with E-state index in [9.17, 15) is 13.2 Å². The van der Waals surface area contributed by atoms with Gasteiger partial charge in [0.25, 0.3) is 6.43 Å². The van der Waals surface area contributed by atoms with E-state index in [-0.39, 0.29) is 10.6 Å². The fraction of sp³-hybridized carbons (Fsp3) is 0.0769. The van der Waals surface area contributed by atoms with Gasteiger partial charge in [0.2, 0.25) is 0 Å². The molecule has 0 heterocycles. The largest absolute Gasteiger partial charge is 0.266 e. The minimum atomic E-state index is -2.86. The summed E-state index contributed by atoms with van der Waals surface area (Å²) in [4.78, 5) is 0. The van der Waals surface area contributed by atoms with Crippen LogP contribution < -0.4 is 0 Å². The van der Waals surface area contributed by atoms with Crippen molar-refractivity contribution in [1.29, 1.82) is 0 Å². The molecule has 2 rings (SSSR count). The number of hydrogen-bond donors (Lipinski definition) is 0. The maximum atomic E-state index is 13.9. The normalized spacial score (nSPS) is 11.0. The van der Waals surface area contributed by atoms with Gasteiger partial charge in [-0.25, -0.2) is 13.2 Å². The molecule has 0 saturated heterocycles. The zero-order valence-electron chi connectivity index (χ0n) is 8.93. The molecule has 0 radical (unpaired) electrons. The highest BCUT2D eigenvalue weighted by molar-refractivity contribution is 6.36. The maximum absolute atomic E-state index is 13.9. The molecule has 0 bridgehead atoms. The van der Waals surface area contributed by atoms with Crippen molar-refractivity contribution < 1.29 is 13.2 Å². The van der Waals surface area contributed by atoms with E-state index in [0.717, 1.165) is 6.07 Å². The third-order valence-corrected chi connectivity index (χ3v) is 3.03. The lowest BCUT2D eigenvalue weighted by atomic mass is 10.0. The summed E-state index contributed by atoms with van der Waals surface area (Å²) in [6.07, 6.45) is -2.86. The Morgan fingerprint density at radius 1 is 0.944 bits per heavy atom. The molecule has 0 fully saturated rings. The average Bonchev–Trinajstić information content (AvgIpc) is 2.30. The second-order valence-corrected chi connectivity index (χ2v) is 4.48. The van der Waals surface area contributed by atoms with Crippen molar-refractivity contribution in [3.05, 3.63) is 57.8 Å². The Kier molecular flexibility index (Phi) is 3.83. The first kappa shape index (κ1) is 13.2. The van der Waals surface area contributed by atoms with Crippen LogP contribution in [0.5, 0.6) is 0 Å². The van der Waals surface area contributed by atoms with E-state index in [1.165, 1.54) is 30.3 Å². The van der Waals surface area contributed by atoms with E-state index < -0.39 is 17.8 Å².